The highest BCUT2D eigenvalue weighted by atomic mass is 16.3. The van der Waals surface area contributed by atoms with Crippen LogP contribution in [-0.2, 0) is 0 Å². The van der Waals surface area contributed by atoms with Gasteiger partial charge in [0.2, 0.25) is 0 Å². The molecule has 4 nitrogen and oxygen atoms in total. The average molecular weight is 254 g/mol. The maximum Gasteiger partial charge on any atom is 0.271 e. The lowest BCUT2D eigenvalue weighted by molar-refractivity contribution is 0.0955. The number of benzene rings is 2. The first-order chi connectivity index (χ1) is 9.18. The van der Waals surface area contributed by atoms with Crippen LogP contribution in [0.2, 0.25) is 0 Å². The topological polar surface area (TPSA) is 61.7 Å². The van der Waals surface area contributed by atoms with Gasteiger partial charge in [-0.05, 0) is 30.7 Å². The van der Waals surface area contributed by atoms with E-state index in [0.29, 0.717) is 11.1 Å². The fraction of sp³-hybridized carbons (Fsp3) is 0.0667. The molecule has 0 bridgehead atoms. The first-order valence-electron chi connectivity index (χ1n) is 5.85. The van der Waals surface area contributed by atoms with Gasteiger partial charge >= 0.3 is 0 Å². The zero-order chi connectivity index (χ0) is 13.7. The van der Waals surface area contributed by atoms with Crippen LogP contribution in [0.1, 0.15) is 21.5 Å². The Morgan fingerprint density at radius 3 is 2.58 bits per heavy atom. The molecular formula is C15H14N2O2. The SMILES string of the molecule is Cc1cccc(O)c1/C=N/NC(=O)c1ccccc1. The zero-order valence-electron chi connectivity index (χ0n) is 10.5. The van der Waals surface area contributed by atoms with Crippen LogP contribution in [0.15, 0.2) is 53.6 Å². The summed E-state index contributed by atoms with van der Waals surface area (Å²) >= 11 is 0. The van der Waals surface area contributed by atoms with Crippen molar-refractivity contribution in [3.63, 3.8) is 0 Å². The monoisotopic (exact) mass is 254 g/mol. The van der Waals surface area contributed by atoms with E-state index in [0.717, 1.165) is 5.56 Å². The number of hydrogen-bond donors (Lipinski definition) is 2. The Hall–Kier alpha value is -2.62. The predicted octanol–water partition coefficient (Wildman–Crippen LogP) is 2.46. The molecule has 2 aromatic rings. The van der Waals surface area contributed by atoms with Gasteiger partial charge in [0.25, 0.3) is 5.91 Å². The van der Waals surface area contributed by atoms with Gasteiger partial charge in [-0.3, -0.25) is 4.79 Å². The van der Waals surface area contributed by atoms with Gasteiger partial charge in [0, 0.05) is 11.1 Å². The zero-order valence-corrected chi connectivity index (χ0v) is 10.5. The second kappa shape index (κ2) is 5.82. The first-order valence-corrected chi connectivity index (χ1v) is 5.85. The number of hydrazone groups is 1. The molecule has 0 fully saturated rings. The predicted molar refractivity (Wildman–Crippen MR) is 74.3 cm³/mol. The summed E-state index contributed by atoms with van der Waals surface area (Å²) in [5, 5.41) is 13.5. The molecule has 4 heteroatoms. The summed E-state index contributed by atoms with van der Waals surface area (Å²) in [7, 11) is 0. The molecule has 0 saturated heterocycles. The number of aryl methyl sites for hydroxylation is 1. The molecular weight excluding hydrogens is 240 g/mol. The highest BCUT2D eigenvalue weighted by Crippen LogP contribution is 2.17. The molecule has 2 rings (SSSR count). The second-order valence-corrected chi connectivity index (χ2v) is 4.07. The maximum absolute atomic E-state index is 11.7. The molecule has 0 radical (unpaired) electrons. The van der Waals surface area contributed by atoms with E-state index in [1.807, 2.05) is 19.1 Å². The van der Waals surface area contributed by atoms with Crippen molar-refractivity contribution < 1.29 is 9.90 Å². The number of phenols is 1. The Bertz CT molecular complexity index is 587. The number of nitrogens with one attached hydrogen (secondary N) is 1. The van der Waals surface area contributed by atoms with Gasteiger partial charge in [-0.15, -0.1) is 0 Å². The number of amides is 1. The number of phenolic OH excluding ortho intramolecular Hbond substituents is 1. The third-order valence-corrected chi connectivity index (χ3v) is 2.70. The minimum Gasteiger partial charge on any atom is -0.507 e. The lowest BCUT2D eigenvalue weighted by Gasteiger charge is -2.03. The van der Waals surface area contributed by atoms with Crippen molar-refractivity contribution in [2.45, 2.75) is 6.92 Å². The van der Waals surface area contributed by atoms with Gasteiger partial charge in [-0.2, -0.15) is 5.10 Å². The van der Waals surface area contributed by atoms with Crippen molar-refractivity contribution in [3.05, 3.63) is 65.2 Å². The standard InChI is InChI=1S/C15H14N2O2/c1-11-6-5-9-14(18)13(11)10-16-17-15(19)12-7-3-2-4-8-12/h2-10,18H,1H3,(H,17,19)/b16-10+. The molecule has 0 heterocycles. The smallest absolute Gasteiger partial charge is 0.271 e. The molecule has 0 aliphatic rings. The van der Waals surface area contributed by atoms with Crippen molar-refractivity contribution in [3.8, 4) is 5.75 Å². The molecule has 2 aromatic carbocycles. The molecule has 96 valence electrons. The van der Waals surface area contributed by atoms with Crippen molar-refractivity contribution >= 4 is 12.1 Å². The first kappa shape index (κ1) is 12.8. The van der Waals surface area contributed by atoms with Gasteiger partial charge < -0.3 is 5.11 Å². The second-order valence-electron chi connectivity index (χ2n) is 4.07. The van der Waals surface area contributed by atoms with E-state index in [1.54, 1.807) is 36.4 Å². The average Bonchev–Trinajstić information content (AvgIpc) is 2.43. The van der Waals surface area contributed by atoms with Crippen molar-refractivity contribution in [1.82, 2.24) is 5.43 Å². The number of hydrogen-bond acceptors (Lipinski definition) is 3. The molecule has 0 atom stereocenters. The summed E-state index contributed by atoms with van der Waals surface area (Å²) in [5.41, 5.74) is 4.44. The third-order valence-electron chi connectivity index (χ3n) is 2.70. The van der Waals surface area contributed by atoms with Crippen LogP contribution in [-0.4, -0.2) is 17.2 Å². The summed E-state index contributed by atoms with van der Waals surface area (Å²) in [6.07, 6.45) is 1.44. The molecule has 0 saturated carbocycles. The molecule has 2 N–H and O–H groups in total. The molecule has 0 aliphatic carbocycles. The van der Waals surface area contributed by atoms with Gasteiger partial charge in [-0.1, -0.05) is 30.3 Å². The van der Waals surface area contributed by atoms with Crippen LogP contribution in [0, 0.1) is 6.92 Å². The van der Waals surface area contributed by atoms with Crippen LogP contribution < -0.4 is 5.43 Å². The minimum atomic E-state index is -0.287. The number of rotatable bonds is 3. The van der Waals surface area contributed by atoms with E-state index in [2.05, 4.69) is 10.5 Å². The number of aromatic hydroxyl groups is 1. The van der Waals surface area contributed by atoms with E-state index >= 15 is 0 Å². The Balaban J connectivity index is 2.07. The molecule has 0 aromatic heterocycles. The van der Waals surface area contributed by atoms with Crippen molar-refractivity contribution in [1.29, 1.82) is 0 Å². The lowest BCUT2D eigenvalue weighted by Crippen LogP contribution is -2.17. The van der Waals surface area contributed by atoms with E-state index in [1.165, 1.54) is 6.21 Å². The third kappa shape index (κ3) is 3.19. The van der Waals surface area contributed by atoms with E-state index < -0.39 is 0 Å². The molecule has 0 aliphatic heterocycles. The maximum atomic E-state index is 11.7. The van der Waals surface area contributed by atoms with Crippen LogP contribution in [0.5, 0.6) is 5.75 Å². The molecule has 0 spiro atoms. The molecule has 0 unspecified atom stereocenters. The van der Waals surface area contributed by atoms with E-state index in [-0.39, 0.29) is 11.7 Å². The summed E-state index contributed by atoms with van der Waals surface area (Å²) in [4.78, 5) is 11.7. The summed E-state index contributed by atoms with van der Waals surface area (Å²) in [6, 6.07) is 14.0. The molecule has 19 heavy (non-hydrogen) atoms. The van der Waals surface area contributed by atoms with Gasteiger partial charge in [0.1, 0.15) is 5.75 Å². The number of carbonyl (C=O) groups is 1. The van der Waals surface area contributed by atoms with Gasteiger partial charge in [0.05, 0.1) is 6.21 Å². The Labute approximate surface area is 111 Å². The quantitative estimate of drug-likeness (QED) is 0.653. The highest BCUT2D eigenvalue weighted by molar-refractivity contribution is 5.95. The normalized spacial score (nSPS) is 10.6. The fourth-order valence-corrected chi connectivity index (χ4v) is 1.64. The van der Waals surface area contributed by atoms with E-state index in [4.69, 9.17) is 0 Å². The van der Waals surface area contributed by atoms with Crippen LogP contribution >= 0.6 is 0 Å². The van der Waals surface area contributed by atoms with Crippen molar-refractivity contribution in [2.75, 3.05) is 0 Å². The summed E-state index contributed by atoms with van der Waals surface area (Å²) in [6.45, 7) is 1.86. The summed E-state index contributed by atoms with van der Waals surface area (Å²) < 4.78 is 0. The molecule has 1 amide bonds. The van der Waals surface area contributed by atoms with E-state index in [9.17, 15) is 9.90 Å². The van der Waals surface area contributed by atoms with Crippen LogP contribution in [0.3, 0.4) is 0 Å². The minimum absolute atomic E-state index is 0.137. The van der Waals surface area contributed by atoms with Gasteiger partial charge in [-0.25, -0.2) is 5.43 Å². The Morgan fingerprint density at radius 2 is 1.89 bits per heavy atom. The summed E-state index contributed by atoms with van der Waals surface area (Å²) in [5.74, 6) is -0.150. The van der Waals surface area contributed by atoms with Gasteiger partial charge in [0.15, 0.2) is 0 Å². The van der Waals surface area contributed by atoms with Crippen LogP contribution in [0.4, 0.5) is 0 Å². The number of carbonyl (C=O) groups excluding carboxylic acids is 1. The van der Waals surface area contributed by atoms with Crippen LogP contribution in [0.25, 0.3) is 0 Å². The highest BCUT2D eigenvalue weighted by Gasteiger charge is 2.03. The largest absolute Gasteiger partial charge is 0.507 e. The Morgan fingerprint density at radius 1 is 1.16 bits per heavy atom. The lowest BCUT2D eigenvalue weighted by atomic mass is 10.1. The Kier molecular flexibility index (Phi) is 3.93. The fourth-order valence-electron chi connectivity index (χ4n) is 1.64. The number of nitrogens with zero attached hydrogens (tertiary/aromatic N) is 1. The van der Waals surface area contributed by atoms with Crippen molar-refractivity contribution in [2.24, 2.45) is 5.10 Å².